The third kappa shape index (κ3) is 4.85. The molecule has 0 radical (unpaired) electrons. The molecule has 0 atom stereocenters. The second kappa shape index (κ2) is 7.42. The van der Waals surface area contributed by atoms with Crippen molar-refractivity contribution >= 4 is 39.4 Å². The molecule has 6 nitrogen and oxygen atoms in total. The van der Waals surface area contributed by atoms with Crippen molar-refractivity contribution in [2.45, 2.75) is 13.8 Å². The van der Waals surface area contributed by atoms with E-state index in [1.807, 2.05) is 19.9 Å². The van der Waals surface area contributed by atoms with Crippen molar-refractivity contribution in [2.24, 2.45) is 0 Å². The standard InChI is InChI=1S/C14H14BrClN4O2/c1-8-5-9(2)18-14(17-8)20-19-13(21)7-22-12-4-3-10(16)6-11(12)15/h3-6H,7H2,1-2H3,(H,19,21)(H,17,18,20). The van der Waals surface area contributed by atoms with Gasteiger partial charge in [-0.2, -0.15) is 0 Å². The van der Waals surface area contributed by atoms with Crippen LogP contribution in [-0.4, -0.2) is 22.5 Å². The minimum Gasteiger partial charge on any atom is -0.483 e. The molecule has 8 heteroatoms. The first-order chi connectivity index (χ1) is 10.4. The lowest BCUT2D eigenvalue weighted by Crippen LogP contribution is -2.34. The number of hydrogen-bond donors (Lipinski definition) is 2. The fourth-order valence-corrected chi connectivity index (χ4v) is 2.48. The smallest absolute Gasteiger partial charge is 0.276 e. The van der Waals surface area contributed by atoms with Crippen molar-refractivity contribution in [3.63, 3.8) is 0 Å². The lowest BCUT2D eigenvalue weighted by Gasteiger charge is -2.10. The molecule has 2 rings (SSSR count). The second-order valence-corrected chi connectivity index (χ2v) is 5.80. The van der Waals surface area contributed by atoms with Gasteiger partial charge in [-0.3, -0.25) is 15.6 Å². The predicted molar refractivity (Wildman–Crippen MR) is 87.9 cm³/mol. The van der Waals surface area contributed by atoms with Gasteiger partial charge in [-0.25, -0.2) is 9.97 Å². The van der Waals surface area contributed by atoms with Gasteiger partial charge in [-0.1, -0.05) is 11.6 Å². The van der Waals surface area contributed by atoms with E-state index in [2.05, 4.69) is 36.7 Å². The van der Waals surface area contributed by atoms with Gasteiger partial charge in [-0.05, 0) is 54.0 Å². The second-order valence-electron chi connectivity index (χ2n) is 4.51. The van der Waals surface area contributed by atoms with Gasteiger partial charge in [0.05, 0.1) is 4.47 Å². The van der Waals surface area contributed by atoms with E-state index in [4.69, 9.17) is 16.3 Å². The van der Waals surface area contributed by atoms with Crippen molar-refractivity contribution in [1.29, 1.82) is 0 Å². The fourth-order valence-electron chi connectivity index (χ4n) is 1.68. The van der Waals surface area contributed by atoms with Gasteiger partial charge in [0.2, 0.25) is 5.95 Å². The molecular weight excluding hydrogens is 372 g/mol. The summed E-state index contributed by atoms with van der Waals surface area (Å²) in [7, 11) is 0. The molecule has 0 spiro atoms. The minimum atomic E-state index is -0.357. The number of aromatic nitrogens is 2. The normalized spacial score (nSPS) is 10.2. The Morgan fingerprint density at radius 2 is 1.95 bits per heavy atom. The van der Waals surface area contributed by atoms with E-state index in [1.165, 1.54) is 0 Å². The molecule has 1 aromatic heterocycles. The molecule has 0 aliphatic rings. The Kier molecular flexibility index (Phi) is 5.57. The van der Waals surface area contributed by atoms with Gasteiger partial charge in [0.15, 0.2) is 6.61 Å². The molecule has 2 aromatic rings. The third-order valence-corrected chi connectivity index (χ3v) is 3.40. The van der Waals surface area contributed by atoms with Crippen LogP contribution < -0.4 is 15.6 Å². The average molecular weight is 386 g/mol. The van der Waals surface area contributed by atoms with Crippen LogP contribution in [-0.2, 0) is 4.79 Å². The fraction of sp³-hybridized carbons (Fsp3) is 0.214. The van der Waals surface area contributed by atoms with Crippen molar-refractivity contribution in [1.82, 2.24) is 15.4 Å². The van der Waals surface area contributed by atoms with Crippen molar-refractivity contribution in [3.05, 3.63) is 45.1 Å². The maximum atomic E-state index is 11.7. The van der Waals surface area contributed by atoms with Crippen LogP contribution in [0.25, 0.3) is 0 Å². The summed E-state index contributed by atoms with van der Waals surface area (Å²) >= 11 is 9.15. The lowest BCUT2D eigenvalue weighted by atomic mass is 10.3. The monoisotopic (exact) mass is 384 g/mol. The van der Waals surface area contributed by atoms with Crippen LogP contribution in [0.15, 0.2) is 28.7 Å². The van der Waals surface area contributed by atoms with Crippen molar-refractivity contribution < 1.29 is 9.53 Å². The Labute approximate surface area is 141 Å². The number of hydrazine groups is 1. The number of nitrogens with one attached hydrogen (secondary N) is 2. The zero-order chi connectivity index (χ0) is 16.1. The van der Waals surface area contributed by atoms with Gasteiger partial charge in [-0.15, -0.1) is 0 Å². The number of hydrogen-bond acceptors (Lipinski definition) is 5. The van der Waals surface area contributed by atoms with Crippen LogP contribution in [0.2, 0.25) is 5.02 Å². The number of nitrogens with zero attached hydrogens (tertiary/aromatic N) is 2. The summed E-state index contributed by atoms with van der Waals surface area (Å²) in [6.45, 7) is 3.55. The molecule has 0 aliphatic carbocycles. The van der Waals surface area contributed by atoms with E-state index in [9.17, 15) is 4.79 Å². The number of carbonyl (C=O) groups is 1. The predicted octanol–water partition coefficient (Wildman–Crippen LogP) is 3.03. The van der Waals surface area contributed by atoms with Crippen LogP contribution in [0, 0.1) is 13.8 Å². The van der Waals surface area contributed by atoms with Crippen LogP contribution >= 0.6 is 27.5 Å². The van der Waals surface area contributed by atoms with Gasteiger partial charge in [0.25, 0.3) is 5.91 Å². The minimum absolute atomic E-state index is 0.155. The van der Waals surface area contributed by atoms with E-state index in [-0.39, 0.29) is 12.5 Å². The van der Waals surface area contributed by atoms with E-state index >= 15 is 0 Å². The molecule has 1 amide bonds. The highest BCUT2D eigenvalue weighted by Gasteiger charge is 2.07. The summed E-state index contributed by atoms with van der Waals surface area (Å²) in [5.41, 5.74) is 6.75. The van der Waals surface area contributed by atoms with Gasteiger partial charge in [0.1, 0.15) is 5.75 Å². The Morgan fingerprint density at radius 1 is 1.27 bits per heavy atom. The van der Waals surface area contributed by atoms with E-state index in [0.29, 0.717) is 21.2 Å². The number of halogens is 2. The quantitative estimate of drug-likeness (QED) is 0.774. The number of benzene rings is 1. The number of rotatable bonds is 5. The SMILES string of the molecule is Cc1cc(C)nc(NNC(=O)COc2ccc(Cl)cc2Br)n1. The van der Waals surface area contributed by atoms with E-state index < -0.39 is 0 Å². The molecule has 0 bridgehead atoms. The number of aryl methyl sites for hydroxylation is 2. The highest BCUT2D eigenvalue weighted by molar-refractivity contribution is 9.10. The third-order valence-electron chi connectivity index (χ3n) is 2.55. The molecule has 22 heavy (non-hydrogen) atoms. The molecule has 2 N–H and O–H groups in total. The zero-order valence-electron chi connectivity index (χ0n) is 12.0. The van der Waals surface area contributed by atoms with Crippen LogP contribution in [0.4, 0.5) is 5.95 Å². The van der Waals surface area contributed by atoms with Crippen LogP contribution in [0.5, 0.6) is 5.75 Å². The summed E-state index contributed by atoms with van der Waals surface area (Å²) < 4.78 is 6.07. The first-order valence-electron chi connectivity index (χ1n) is 6.39. The molecule has 0 saturated heterocycles. The Balaban J connectivity index is 1.85. The number of carbonyl (C=O) groups excluding carboxylic acids is 1. The first-order valence-corrected chi connectivity index (χ1v) is 7.56. The van der Waals surface area contributed by atoms with Gasteiger partial charge >= 0.3 is 0 Å². The van der Waals surface area contributed by atoms with Gasteiger partial charge < -0.3 is 4.74 Å². The molecule has 0 aliphatic heterocycles. The van der Waals surface area contributed by atoms with Gasteiger partial charge in [0, 0.05) is 16.4 Å². The molecule has 0 unspecified atom stereocenters. The Bertz CT molecular complexity index is 676. The summed E-state index contributed by atoms with van der Waals surface area (Å²) in [5.74, 6) is 0.505. The largest absolute Gasteiger partial charge is 0.483 e. The van der Waals surface area contributed by atoms with Crippen LogP contribution in [0.1, 0.15) is 11.4 Å². The number of amides is 1. The summed E-state index contributed by atoms with van der Waals surface area (Å²) in [4.78, 5) is 20.0. The van der Waals surface area contributed by atoms with E-state index in [0.717, 1.165) is 11.4 Å². The van der Waals surface area contributed by atoms with Crippen molar-refractivity contribution in [2.75, 3.05) is 12.0 Å². The maximum Gasteiger partial charge on any atom is 0.276 e. The van der Waals surface area contributed by atoms with E-state index in [1.54, 1.807) is 18.2 Å². The summed E-state index contributed by atoms with van der Waals surface area (Å²) in [6.07, 6.45) is 0. The maximum absolute atomic E-state index is 11.7. The Hall–Kier alpha value is -1.86. The number of anilines is 1. The van der Waals surface area contributed by atoms with Crippen LogP contribution in [0.3, 0.4) is 0 Å². The summed E-state index contributed by atoms with van der Waals surface area (Å²) in [6, 6.07) is 6.89. The lowest BCUT2D eigenvalue weighted by molar-refractivity contribution is -0.122. The first kappa shape index (κ1) is 16.5. The topological polar surface area (TPSA) is 76.1 Å². The molecule has 0 saturated carbocycles. The number of ether oxygens (including phenoxy) is 1. The molecule has 116 valence electrons. The highest BCUT2D eigenvalue weighted by Crippen LogP contribution is 2.27. The molecule has 1 heterocycles. The molecular formula is C14H14BrClN4O2. The molecule has 1 aromatic carbocycles. The van der Waals surface area contributed by atoms with Crippen molar-refractivity contribution in [3.8, 4) is 5.75 Å². The zero-order valence-corrected chi connectivity index (χ0v) is 14.3. The summed E-state index contributed by atoms with van der Waals surface area (Å²) in [5, 5.41) is 0.581. The highest BCUT2D eigenvalue weighted by atomic mass is 79.9. The molecule has 0 fully saturated rings. The average Bonchev–Trinajstić information content (AvgIpc) is 2.43. The Morgan fingerprint density at radius 3 is 2.59 bits per heavy atom.